The van der Waals surface area contributed by atoms with E-state index in [1.807, 2.05) is 36.4 Å². The molecule has 1 aliphatic heterocycles. The van der Waals surface area contributed by atoms with E-state index in [-0.39, 0.29) is 11.5 Å². The summed E-state index contributed by atoms with van der Waals surface area (Å²) in [6.07, 6.45) is -0.566. The van der Waals surface area contributed by atoms with Gasteiger partial charge in [0.2, 0.25) is 0 Å². The fourth-order valence-electron chi connectivity index (χ4n) is 2.43. The van der Waals surface area contributed by atoms with Gasteiger partial charge in [0.15, 0.2) is 11.9 Å². The smallest absolute Gasteiger partial charge is 0.163 e. The first kappa shape index (κ1) is 12.5. The zero-order chi connectivity index (χ0) is 14.1. The third-order valence-corrected chi connectivity index (χ3v) is 3.39. The van der Waals surface area contributed by atoms with Crippen molar-refractivity contribution in [2.75, 3.05) is 0 Å². The largest absolute Gasteiger partial charge is 0.507 e. The van der Waals surface area contributed by atoms with E-state index < -0.39 is 6.10 Å². The van der Waals surface area contributed by atoms with Crippen LogP contribution in [0.1, 0.15) is 24.2 Å². The molecule has 0 aliphatic carbocycles. The number of rotatable bonds is 2. The number of ether oxygens (including phenoxy) is 1. The van der Waals surface area contributed by atoms with E-state index in [1.165, 1.54) is 6.92 Å². The zero-order valence-electron chi connectivity index (χ0n) is 11.0. The molecule has 0 fully saturated rings. The molecule has 0 radical (unpaired) electrons. The van der Waals surface area contributed by atoms with Gasteiger partial charge in [0.25, 0.3) is 0 Å². The first-order valence-electron chi connectivity index (χ1n) is 6.43. The number of carbonyl (C=O) groups excluding carboxylic acids is 1. The first-order chi connectivity index (χ1) is 9.68. The van der Waals surface area contributed by atoms with E-state index >= 15 is 0 Å². The summed E-state index contributed by atoms with van der Waals surface area (Å²) in [5, 5.41) is 10.4. The van der Waals surface area contributed by atoms with Crippen LogP contribution in [0.5, 0.6) is 5.75 Å². The van der Waals surface area contributed by atoms with Gasteiger partial charge in [-0.05, 0) is 24.6 Å². The molecular formula is C17H14O3. The van der Waals surface area contributed by atoms with Gasteiger partial charge in [-0.25, -0.2) is 0 Å². The standard InChI is InChI=1S/C17H14O3/c1-11(18)15-16(19)13-9-5-6-10-14(13)20-17(15)12-7-3-2-4-8-12/h2-10,17,19H,1H3. The number of para-hydroxylation sites is 1. The lowest BCUT2D eigenvalue weighted by atomic mass is 9.92. The Morgan fingerprint density at radius 1 is 1.05 bits per heavy atom. The number of benzene rings is 2. The van der Waals surface area contributed by atoms with Gasteiger partial charge in [-0.2, -0.15) is 0 Å². The summed E-state index contributed by atoms with van der Waals surface area (Å²) < 4.78 is 5.92. The van der Waals surface area contributed by atoms with Gasteiger partial charge < -0.3 is 9.84 Å². The minimum absolute atomic E-state index is 0.00760. The number of fused-ring (bicyclic) bond motifs is 1. The van der Waals surface area contributed by atoms with E-state index in [1.54, 1.807) is 18.2 Å². The van der Waals surface area contributed by atoms with Gasteiger partial charge in [-0.15, -0.1) is 0 Å². The predicted molar refractivity (Wildman–Crippen MR) is 76.5 cm³/mol. The fourth-order valence-corrected chi connectivity index (χ4v) is 2.43. The van der Waals surface area contributed by atoms with Crippen LogP contribution >= 0.6 is 0 Å². The maximum absolute atomic E-state index is 11.9. The Morgan fingerprint density at radius 2 is 1.70 bits per heavy atom. The van der Waals surface area contributed by atoms with Crippen LogP contribution in [0.25, 0.3) is 5.76 Å². The third-order valence-electron chi connectivity index (χ3n) is 3.39. The van der Waals surface area contributed by atoms with E-state index in [9.17, 15) is 9.90 Å². The summed E-state index contributed by atoms with van der Waals surface area (Å²) in [5.41, 5.74) is 1.71. The zero-order valence-corrected chi connectivity index (χ0v) is 11.0. The summed E-state index contributed by atoms with van der Waals surface area (Å²) in [4.78, 5) is 11.9. The maximum Gasteiger partial charge on any atom is 0.163 e. The average Bonchev–Trinajstić information content (AvgIpc) is 2.47. The monoisotopic (exact) mass is 266 g/mol. The van der Waals surface area contributed by atoms with E-state index in [0.29, 0.717) is 16.9 Å². The van der Waals surface area contributed by atoms with Crippen LogP contribution in [0.15, 0.2) is 60.2 Å². The SMILES string of the molecule is CC(=O)C1=C(O)c2ccccc2OC1c1ccccc1. The number of ketones is 1. The minimum atomic E-state index is -0.566. The van der Waals surface area contributed by atoms with Crippen molar-refractivity contribution in [3.8, 4) is 5.75 Å². The van der Waals surface area contributed by atoms with Gasteiger partial charge in [0.1, 0.15) is 11.5 Å². The molecule has 0 spiro atoms. The highest BCUT2D eigenvalue weighted by atomic mass is 16.5. The quantitative estimate of drug-likeness (QED) is 0.902. The molecule has 0 saturated carbocycles. The molecule has 3 heteroatoms. The summed E-state index contributed by atoms with van der Waals surface area (Å²) in [5.74, 6) is 0.405. The summed E-state index contributed by atoms with van der Waals surface area (Å²) >= 11 is 0. The molecule has 0 amide bonds. The molecule has 1 atom stereocenters. The lowest BCUT2D eigenvalue weighted by Crippen LogP contribution is -2.21. The molecule has 0 aromatic heterocycles. The summed E-state index contributed by atoms with van der Waals surface area (Å²) in [6, 6.07) is 16.6. The van der Waals surface area contributed by atoms with Crippen molar-refractivity contribution in [3.05, 3.63) is 71.3 Å². The van der Waals surface area contributed by atoms with Crippen LogP contribution in [0, 0.1) is 0 Å². The first-order valence-corrected chi connectivity index (χ1v) is 6.43. The van der Waals surface area contributed by atoms with Crippen molar-refractivity contribution in [3.63, 3.8) is 0 Å². The molecule has 2 aromatic rings. The normalized spacial score (nSPS) is 17.4. The molecule has 1 aliphatic rings. The van der Waals surface area contributed by atoms with Gasteiger partial charge >= 0.3 is 0 Å². The number of hydrogen-bond acceptors (Lipinski definition) is 3. The molecule has 1 unspecified atom stereocenters. The van der Waals surface area contributed by atoms with Crippen molar-refractivity contribution < 1.29 is 14.6 Å². The summed E-state index contributed by atoms with van der Waals surface area (Å²) in [6.45, 7) is 1.44. The third kappa shape index (κ3) is 1.97. The number of carbonyl (C=O) groups is 1. The Kier molecular flexibility index (Phi) is 3.03. The Balaban J connectivity index is 2.18. The highest BCUT2D eigenvalue weighted by Crippen LogP contribution is 2.41. The lowest BCUT2D eigenvalue weighted by Gasteiger charge is -2.28. The van der Waals surface area contributed by atoms with Crippen molar-refractivity contribution in [2.45, 2.75) is 13.0 Å². The molecular weight excluding hydrogens is 252 g/mol. The number of hydrogen-bond donors (Lipinski definition) is 1. The predicted octanol–water partition coefficient (Wildman–Crippen LogP) is 3.68. The van der Waals surface area contributed by atoms with E-state index in [0.717, 1.165) is 5.56 Å². The van der Waals surface area contributed by atoms with Gasteiger partial charge in [0, 0.05) is 0 Å². The molecule has 0 bridgehead atoms. The maximum atomic E-state index is 11.9. The fraction of sp³-hybridized carbons (Fsp3) is 0.118. The van der Waals surface area contributed by atoms with Crippen LogP contribution < -0.4 is 4.74 Å². The van der Waals surface area contributed by atoms with Gasteiger partial charge in [0.05, 0.1) is 11.1 Å². The van der Waals surface area contributed by atoms with Crippen LogP contribution in [-0.4, -0.2) is 10.9 Å². The lowest BCUT2D eigenvalue weighted by molar-refractivity contribution is -0.114. The average molecular weight is 266 g/mol. The van der Waals surface area contributed by atoms with Crippen LogP contribution in [-0.2, 0) is 4.79 Å². The van der Waals surface area contributed by atoms with Crippen molar-refractivity contribution in [2.24, 2.45) is 0 Å². The van der Waals surface area contributed by atoms with Gasteiger partial charge in [-0.1, -0.05) is 42.5 Å². The minimum Gasteiger partial charge on any atom is -0.507 e. The van der Waals surface area contributed by atoms with Crippen LogP contribution in [0.3, 0.4) is 0 Å². The molecule has 0 saturated heterocycles. The van der Waals surface area contributed by atoms with E-state index in [2.05, 4.69) is 0 Å². The van der Waals surface area contributed by atoms with E-state index in [4.69, 9.17) is 4.74 Å². The molecule has 2 aromatic carbocycles. The molecule has 20 heavy (non-hydrogen) atoms. The van der Waals surface area contributed by atoms with Crippen molar-refractivity contribution >= 4 is 11.5 Å². The molecule has 100 valence electrons. The number of Topliss-reactive ketones (excluding diaryl/α,β-unsaturated/α-hetero) is 1. The number of aliphatic hydroxyl groups is 1. The van der Waals surface area contributed by atoms with Crippen molar-refractivity contribution in [1.29, 1.82) is 0 Å². The van der Waals surface area contributed by atoms with Crippen LogP contribution in [0.4, 0.5) is 0 Å². The highest BCUT2D eigenvalue weighted by molar-refractivity contribution is 6.02. The second-order valence-corrected chi connectivity index (χ2v) is 4.72. The van der Waals surface area contributed by atoms with Crippen molar-refractivity contribution in [1.82, 2.24) is 0 Å². The Hall–Kier alpha value is -2.55. The summed E-state index contributed by atoms with van der Waals surface area (Å²) in [7, 11) is 0. The topological polar surface area (TPSA) is 46.5 Å². The Labute approximate surface area is 117 Å². The Morgan fingerprint density at radius 3 is 2.40 bits per heavy atom. The van der Waals surface area contributed by atoms with Crippen LogP contribution in [0.2, 0.25) is 0 Å². The Bertz CT molecular complexity index is 686. The van der Waals surface area contributed by atoms with Gasteiger partial charge in [-0.3, -0.25) is 4.79 Å². The number of aliphatic hydroxyl groups excluding tert-OH is 1. The second kappa shape index (κ2) is 4.85. The molecule has 3 rings (SSSR count). The molecule has 3 nitrogen and oxygen atoms in total. The molecule has 1 heterocycles. The second-order valence-electron chi connectivity index (χ2n) is 4.72. The molecule has 1 N–H and O–H groups in total. The highest BCUT2D eigenvalue weighted by Gasteiger charge is 2.32.